The molecule has 0 aliphatic rings. The number of rotatable bonds is 9. The van der Waals surface area contributed by atoms with Crippen molar-refractivity contribution in [2.24, 2.45) is 9.98 Å². The van der Waals surface area contributed by atoms with Gasteiger partial charge in [-0.15, -0.1) is 0 Å². The van der Waals surface area contributed by atoms with Crippen molar-refractivity contribution >= 4 is 35.7 Å². The van der Waals surface area contributed by atoms with Gasteiger partial charge in [0.25, 0.3) is 0 Å². The molecule has 0 spiro atoms. The molecule has 0 saturated carbocycles. The van der Waals surface area contributed by atoms with Crippen molar-refractivity contribution < 1.29 is 28.5 Å². The lowest BCUT2D eigenvalue weighted by atomic mass is 10.0. The number of carbonyl (C=O) groups excluding carboxylic acids is 2. The molecule has 0 aliphatic carbocycles. The fourth-order valence-electron chi connectivity index (χ4n) is 3.88. The molecule has 0 saturated heterocycles. The Bertz CT molecular complexity index is 1440. The van der Waals surface area contributed by atoms with E-state index in [0.717, 1.165) is 22.3 Å². The molecule has 0 amide bonds. The Labute approximate surface area is 232 Å². The molecular weight excluding hydrogens is 508 g/mol. The molecule has 8 nitrogen and oxygen atoms in total. The molecule has 0 aliphatic heterocycles. The highest BCUT2D eigenvalue weighted by Crippen LogP contribution is 2.30. The van der Waals surface area contributed by atoms with Crippen LogP contribution in [0.2, 0.25) is 0 Å². The van der Waals surface area contributed by atoms with Gasteiger partial charge in [-0.1, -0.05) is 48.5 Å². The number of carbonyl (C=O) groups is 2. The minimum absolute atomic E-state index is 0.396. The molecule has 4 rings (SSSR count). The largest absolute Gasteiger partial charge is 0.494 e. The number of aliphatic imine (C=N–C) groups is 2. The molecule has 0 unspecified atom stereocenters. The number of benzene rings is 4. The number of hydrogen-bond acceptors (Lipinski definition) is 8. The summed E-state index contributed by atoms with van der Waals surface area (Å²) in [6.07, 6.45) is 3.43. The second-order valence-electron chi connectivity index (χ2n) is 8.52. The molecule has 0 heterocycles. The van der Waals surface area contributed by atoms with E-state index >= 15 is 0 Å². The third-order valence-electron chi connectivity index (χ3n) is 6.06. The molecule has 0 bridgehead atoms. The van der Waals surface area contributed by atoms with Gasteiger partial charge in [-0.05, 0) is 58.7 Å². The quantitative estimate of drug-likeness (QED) is 0.180. The van der Waals surface area contributed by atoms with Gasteiger partial charge in [-0.3, -0.25) is 9.98 Å². The number of methoxy groups -OCH3 is 4. The molecule has 4 aromatic carbocycles. The molecule has 4 aromatic rings. The van der Waals surface area contributed by atoms with Crippen LogP contribution < -0.4 is 9.47 Å². The molecule has 0 radical (unpaired) electrons. The van der Waals surface area contributed by atoms with Gasteiger partial charge in [0, 0.05) is 12.4 Å². The van der Waals surface area contributed by atoms with E-state index in [4.69, 9.17) is 18.9 Å². The Morgan fingerprint density at radius 1 is 0.550 bits per heavy atom. The standard InChI is InChI=1S/C32H28N2O6/c1-37-29-15-13-25(31(35)39-3)17-27(29)33-19-21-5-9-23(10-6-21)24-11-7-22(8-12-24)20-34-28-18-26(32(36)40-4)14-16-30(28)38-2/h5-20H,1-4H3. The summed E-state index contributed by atoms with van der Waals surface area (Å²) in [7, 11) is 5.78. The normalized spacial score (nSPS) is 11.0. The first-order valence-corrected chi connectivity index (χ1v) is 12.3. The maximum Gasteiger partial charge on any atom is 0.337 e. The van der Waals surface area contributed by atoms with Crippen molar-refractivity contribution in [2.45, 2.75) is 0 Å². The van der Waals surface area contributed by atoms with Crippen molar-refractivity contribution in [1.82, 2.24) is 0 Å². The Morgan fingerprint density at radius 3 is 1.25 bits per heavy atom. The van der Waals surface area contributed by atoms with E-state index in [9.17, 15) is 9.59 Å². The van der Waals surface area contributed by atoms with Crippen LogP contribution in [0.15, 0.2) is 94.9 Å². The van der Waals surface area contributed by atoms with Crippen LogP contribution in [0.4, 0.5) is 11.4 Å². The van der Waals surface area contributed by atoms with Crippen molar-refractivity contribution in [3.63, 3.8) is 0 Å². The molecule has 202 valence electrons. The van der Waals surface area contributed by atoms with E-state index in [1.807, 2.05) is 48.5 Å². The zero-order chi connectivity index (χ0) is 28.5. The van der Waals surface area contributed by atoms with Crippen LogP contribution >= 0.6 is 0 Å². The fraction of sp³-hybridized carbons (Fsp3) is 0.125. The average Bonchev–Trinajstić information content (AvgIpc) is 3.02. The molecule has 0 fully saturated rings. The van der Waals surface area contributed by atoms with Crippen molar-refractivity contribution in [2.75, 3.05) is 28.4 Å². The molecule has 40 heavy (non-hydrogen) atoms. The minimum atomic E-state index is -0.437. The van der Waals surface area contributed by atoms with Crippen molar-refractivity contribution in [3.05, 3.63) is 107 Å². The van der Waals surface area contributed by atoms with Gasteiger partial charge in [0.1, 0.15) is 22.9 Å². The second kappa shape index (κ2) is 13.0. The minimum Gasteiger partial charge on any atom is -0.494 e. The van der Waals surface area contributed by atoms with Crippen LogP contribution in [-0.4, -0.2) is 52.8 Å². The van der Waals surface area contributed by atoms with Gasteiger partial charge >= 0.3 is 11.9 Å². The van der Waals surface area contributed by atoms with Crippen molar-refractivity contribution in [1.29, 1.82) is 0 Å². The van der Waals surface area contributed by atoms with E-state index < -0.39 is 11.9 Å². The Kier molecular flexibility index (Phi) is 9.04. The first-order chi connectivity index (χ1) is 19.4. The van der Waals surface area contributed by atoms with Crippen LogP contribution in [0.25, 0.3) is 11.1 Å². The summed E-state index contributed by atoms with van der Waals surface area (Å²) in [5.41, 5.74) is 5.71. The summed E-state index contributed by atoms with van der Waals surface area (Å²) in [4.78, 5) is 32.7. The third kappa shape index (κ3) is 6.60. The monoisotopic (exact) mass is 536 g/mol. The van der Waals surface area contributed by atoms with E-state index in [2.05, 4.69) is 9.98 Å². The van der Waals surface area contributed by atoms with Gasteiger partial charge in [0.05, 0.1) is 39.6 Å². The van der Waals surface area contributed by atoms with E-state index in [1.54, 1.807) is 63.0 Å². The average molecular weight is 537 g/mol. The summed E-state index contributed by atoms with van der Waals surface area (Å²) in [5.74, 6) is 0.235. The van der Waals surface area contributed by atoms with Crippen LogP contribution in [0.5, 0.6) is 11.5 Å². The van der Waals surface area contributed by atoms with Crippen LogP contribution in [0.1, 0.15) is 31.8 Å². The maximum absolute atomic E-state index is 11.9. The summed E-state index contributed by atoms with van der Waals surface area (Å²) in [5, 5.41) is 0. The highest BCUT2D eigenvalue weighted by molar-refractivity contribution is 5.93. The Balaban J connectivity index is 1.48. The van der Waals surface area contributed by atoms with Gasteiger partial charge in [-0.2, -0.15) is 0 Å². The molecule has 8 heteroatoms. The first kappa shape index (κ1) is 27.8. The fourth-order valence-corrected chi connectivity index (χ4v) is 3.88. The number of esters is 2. The maximum atomic E-state index is 11.9. The summed E-state index contributed by atoms with van der Waals surface area (Å²) >= 11 is 0. The van der Waals surface area contributed by atoms with Gasteiger partial charge in [-0.25, -0.2) is 9.59 Å². The van der Waals surface area contributed by atoms with E-state index in [0.29, 0.717) is 34.0 Å². The highest BCUT2D eigenvalue weighted by Gasteiger charge is 2.11. The van der Waals surface area contributed by atoms with Crippen LogP contribution in [-0.2, 0) is 9.47 Å². The lowest BCUT2D eigenvalue weighted by molar-refractivity contribution is 0.0592. The SMILES string of the molecule is COC(=O)c1ccc(OC)c(N=Cc2ccc(-c3ccc(C=Nc4cc(C(=O)OC)ccc4OC)cc3)cc2)c1. The van der Waals surface area contributed by atoms with Crippen LogP contribution in [0.3, 0.4) is 0 Å². The molecule has 0 atom stereocenters. The number of hydrogen-bond donors (Lipinski definition) is 0. The van der Waals surface area contributed by atoms with E-state index in [-0.39, 0.29) is 0 Å². The summed E-state index contributed by atoms with van der Waals surface area (Å²) in [6, 6.07) is 25.8. The zero-order valence-corrected chi connectivity index (χ0v) is 22.6. The smallest absolute Gasteiger partial charge is 0.337 e. The first-order valence-electron chi connectivity index (χ1n) is 12.3. The highest BCUT2D eigenvalue weighted by atomic mass is 16.5. The summed E-state index contributed by atoms with van der Waals surface area (Å²) < 4.78 is 20.3. The number of ether oxygens (including phenoxy) is 4. The van der Waals surface area contributed by atoms with Crippen LogP contribution in [0, 0.1) is 0 Å². The zero-order valence-electron chi connectivity index (χ0n) is 22.6. The van der Waals surface area contributed by atoms with Gasteiger partial charge < -0.3 is 18.9 Å². The molecule has 0 aromatic heterocycles. The van der Waals surface area contributed by atoms with Gasteiger partial charge in [0.15, 0.2) is 0 Å². The topological polar surface area (TPSA) is 95.8 Å². The lowest BCUT2D eigenvalue weighted by Gasteiger charge is -2.07. The number of nitrogens with zero attached hydrogens (tertiary/aromatic N) is 2. The Hall–Kier alpha value is -5.24. The lowest BCUT2D eigenvalue weighted by Crippen LogP contribution is -2.00. The molecular formula is C32H28N2O6. The third-order valence-corrected chi connectivity index (χ3v) is 6.06. The predicted octanol–water partition coefficient (Wildman–Crippen LogP) is 6.45. The van der Waals surface area contributed by atoms with E-state index in [1.165, 1.54) is 14.2 Å². The summed E-state index contributed by atoms with van der Waals surface area (Å²) in [6.45, 7) is 0. The second-order valence-corrected chi connectivity index (χ2v) is 8.52. The molecule has 0 N–H and O–H groups in total. The van der Waals surface area contributed by atoms with Gasteiger partial charge in [0.2, 0.25) is 0 Å². The van der Waals surface area contributed by atoms with Crippen molar-refractivity contribution in [3.8, 4) is 22.6 Å². The Morgan fingerprint density at radius 2 is 0.925 bits per heavy atom. The predicted molar refractivity (Wildman–Crippen MR) is 155 cm³/mol.